The zero-order valence-electron chi connectivity index (χ0n) is 15.8. The van der Waals surface area contributed by atoms with Crippen LogP contribution in [-0.2, 0) is 25.5 Å². The van der Waals surface area contributed by atoms with Crippen LogP contribution in [0, 0.1) is 0 Å². The lowest BCUT2D eigenvalue weighted by atomic mass is 10.0. The summed E-state index contributed by atoms with van der Waals surface area (Å²) in [6, 6.07) is 12.1. The first-order valence-electron chi connectivity index (χ1n) is 9.43. The molecular weight excluding hydrogens is 358 g/mol. The van der Waals surface area contributed by atoms with Gasteiger partial charge in [0.15, 0.2) is 0 Å². The zero-order chi connectivity index (χ0) is 20.1. The van der Waals surface area contributed by atoms with Gasteiger partial charge in [0.25, 0.3) is 0 Å². The van der Waals surface area contributed by atoms with Gasteiger partial charge in [-0.25, -0.2) is 4.79 Å². The number of hydrogen-bond acceptors (Lipinski definition) is 5. The van der Waals surface area contributed by atoms with E-state index in [-0.39, 0.29) is 25.1 Å². The Morgan fingerprint density at radius 1 is 1.29 bits per heavy atom. The fraction of sp³-hybridized carbons (Fsp3) is 0.381. The van der Waals surface area contributed by atoms with E-state index in [0.717, 1.165) is 16.3 Å². The largest absolute Gasteiger partial charge is 0.464 e. The van der Waals surface area contributed by atoms with Crippen LogP contribution in [0.4, 0.5) is 0 Å². The van der Waals surface area contributed by atoms with Crippen molar-refractivity contribution < 1.29 is 19.1 Å². The number of rotatable bonds is 7. The fourth-order valence-electron chi connectivity index (χ4n) is 3.68. The molecule has 3 atom stereocenters. The highest BCUT2D eigenvalue weighted by Gasteiger charge is 2.41. The molecule has 2 aromatic carbocycles. The molecule has 0 aromatic heterocycles. The van der Waals surface area contributed by atoms with Gasteiger partial charge in [0.05, 0.1) is 6.61 Å². The molecule has 3 N–H and O–H groups in total. The number of amides is 2. The summed E-state index contributed by atoms with van der Waals surface area (Å²) in [6.45, 7) is 2.21. The molecule has 7 nitrogen and oxygen atoms in total. The van der Waals surface area contributed by atoms with E-state index in [1.54, 1.807) is 6.92 Å². The number of carbonyl (C=O) groups excluding carboxylic acids is 3. The van der Waals surface area contributed by atoms with Crippen LogP contribution in [0.5, 0.6) is 0 Å². The Hall–Kier alpha value is -2.93. The van der Waals surface area contributed by atoms with E-state index < -0.39 is 18.1 Å². The second-order valence-electron chi connectivity index (χ2n) is 6.98. The normalized spacial score (nSPS) is 20.0. The van der Waals surface area contributed by atoms with Crippen molar-refractivity contribution in [2.24, 2.45) is 5.73 Å². The predicted molar refractivity (Wildman–Crippen MR) is 105 cm³/mol. The Morgan fingerprint density at radius 2 is 2.04 bits per heavy atom. The third-order valence-electron chi connectivity index (χ3n) is 5.00. The minimum absolute atomic E-state index is 0.236. The summed E-state index contributed by atoms with van der Waals surface area (Å²) in [5.74, 6) is -0.786. The van der Waals surface area contributed by atoms with Crippen molar-refractivity contribution >= 4 is 29.1 Å². The van der Waals surface area contributed by atoms with Gasteiger partial charge in [0.2, 0.25) is 12.3 Å². The molecule has 1 aliphatic rings. The van der Waals surface area contributed by atoms with Crippen molar-refractivity contribution in [1.82, 2.24) is 10.2 Å². The Labute approximate surface area is 163 Å². The summed E-state index contributed by atoms with van der Waals surface area (Å²) in [5, 5.41) is 4.76. The molecule has 7 heteroatoms. The van der Waals surface area contributed by atoms with E-state index in [1.165, 1.54) is 4.90 Å². The number of esters is 1. The minimum Gasteiger partial charge on any atom is -0.464 e. The first-order valence-corrected chi connectivity index (χ1v) is 9.43. The Morgan fingerprint density at radius 3 is 2.75 bits per heavy atom. The molecule has 0 spiro atoms. The van der Waals surface area contributed by atoms with Crippen molar-refractivity contribution in [3.8, 4) is 0 Å². The number of fused-ring (bicyclic) bond motifs is 1. The maximum Gasteiger partial charge on any atom is 0.328 e. The third kappa shape index (κ3) is 4.31. The van der Waals surface area contributed by atoms with Gasteiger partial charge in [-0.2, -0.15) is 0 Å². The molecule has 0 unspecified atom stereocenters. The summed E-state index contributed by atoms with van der Waals surface area (Å²) in [5.41, 5.74) is 6.90. The highest BCUT2D eigenvalue weighted by molar-refractivity contribution is 5.90. The van der Waals surface area contributed by atoms with Crippen molar-refractivity contribution in [1.29, 1.82) is 0 Å². The van der Waals surface area contributed by atoms with E-state index in [2.05, 4.69) is 5.32 Å². The van der Waals surface area contributed by atoms with Crippen LogP contribution in [0.2, 0.25) is 0 Å². The lowest BCUT2D eigenvalue weighted by Gasteiger charge is -2.27. The number of carbonyl (C=O) groups is 3. The molecule has 1 aliphatic heterocycles. The second kappa shape index (κ2) is 8.84. The van der Waals surface area contributed by atoms with E-state index in [9.17, 15) is 14.4 Å². The maximum atomic E-state index is 13.1. The monoisotopic (exact) mass is 383 g/mol. The van der Waals surface area contributed by atoms with Gasteiger partial charge in [0, 0.05) is 19.0 Å². The molecule has 2 amide bonds. The molecule has 148 valence electrons. The van der Waals surface area contributed by atoms with Crippen LogP contribution in [0.1, 0.15) is 18.9 Å². The SMILES string of the molecule is CCOC(=O)[C@@H]1C[C@H](N)CN1C(=O)[C@@H](Cc1ccc2ccccc2c1)NC=O. The minimum atomic E-state index is -0.777. The quantitative estimate of drug-likeness (QED) is 0.548. The molecule has 28 heavy (non-hydrogen) atoms. The Balaban J connectivity index is 1.80. The molecule has 3 rings (SSSR count). The number of benzene rings is 2. The number of ether oxygens (including phenoxy) is 1. The Bertz CT molecular complexity index is 870. The number of nitrogens with one attached hydrogen (secondary N) is 1. The molecule has 1 heterocycles. The average Bonchev–Trinajstić information content (AvgIpc) is 3.09. The van der Waals surface area contributed by atoms with Crippen molar-refractivity contribution in [3.63, 3.8) is 0 Å². The number of hydrogen-bond donors (Lipinski definition) is 2. The standard InChI is InChI=1S/C21H25N3O4/c1-2-28-21(27)19-11-17(22)12-24(19)20(26)18(23-13-25)10-14-7-8-15-5-3-4-6-16(15)9-14/h3-9,13,17-19H,2,10-12,22H2,1H3,(H,23,25)/t17-,18+,19-/m0/s1. The Kier molecular flexibility index (Phi) is 6.26. The van der Waals surface area contributed by atoms with Gasteiger partial charge < -0.3 is 20.7 Å². The number of nitrogens with two attached hydrogens (primary N) is 1. The maximum absolute atomic E-state index is 13.1. The lowest BCUT2D eigenvalue weighted by Crippen LogP contribution is -2.51. The molecule has 0 radical (unpaired) electrons. The summed E-state index contributed by atoms with van der Waals surface area (Å²) in [6.07, 6.45) is 1.19. The lowest BCUT2D eigenvalue weighted by molar-refractivity contribution is -0.153. The van der Waals surface area contributed by atoms with Crippen LogP contribution in [0.3, 0.4) is 0 Å². The van der Waals surface area contributed by atoms with Gasteiger partial charge in [-0.1, -0.05) is 42.5 Å². The van der Waals surface area contributed by atoms with Gasteiger partial charge in [-0.3, -0.25) is 9.59 Å². The average molecular weight is 383 g/mol. The number of likely N-dealkylation sites (tertiary alicyclic amines) is 1. The van der Waals surface area contributed by atoms with Gasteiger partial charge in [-0.15, -0.1) is 0 Å². The molecule has 0 saturated carbocycles. The van der Waals surface area contributed by atoms with Crippen LogP contribution in [0.25, 0.3) is 10.8 Å². The van der Waals surface area contributed by atoms with Crippen LogP contribution >= 0.6 is 0 Å². The van der Waals surface area contributed by atoms with E-state index in [0.29, 0.717) is 19.3 Å². The van der Waals surface area contributed by atoms with Gasteiger partial charge in [0.1, 0.15) is 12.1 Å². The molecule has 0 bridgehead atoms. The number of nitrogens with zero attached hydrogens (tertiary/aromatic N) is 1. The molecule has 0 aliphatic carbocycles. The summed E-state index contributed by atoms with van der Waals surface area (Å²) in [7, 11) is 0. The summed E-state index contributed by atoms with van der Waals surface area (Å²) in [4.78, 5) is 37.9. The van der Waals surface area contributed by atoms with Crippen LogP contribution < -0.4 is 11.1 Å². The van der Waals surface area contributed by atoms with Crippen LogP contribution in [-0.4, -0.2) is 54.5 Å². The van der Waals surface area contributed by atoms with Gasteiger partial charge >= 0.3 is 5.97 Å². The first kappa shape index (κ1) is 19.8. The van der Waals surface area contributed by atoms with Crippen molar-refractivity contribution in [3.05, 3.63) is 48.0 Å². The highest BCUT2D eigenvalue weighted by atomic mass is 16.5. The van der Waals surface area contributed by atoms with E-state index in [4.69, 9.17) is 10.5 Å². The van der Waals surface area contributed by atoms with Crippen molar-refractivity contribution in [2.45, 2.75) is 37.9 Å². The third-order valence-corrected chi connectivity index (χ3v) is 5.00. The predicted octanol–water partition coefficient (Wildman–Crippen LogP) is 0.988. The van der Waals surface area contributed by atoms with E-state index >= 15 is 0 Å². The van der Waals surface area contributed by atoms with Crippen LogP contribution in [0.15, 0.2) is 42.5 Å². The van der Waals surface area contributed by atoms with Gasteiger partial charge in [-0.05, 0) is 29.7 Å². The van der Waals surface area contributed by atoms with E-state index in [1.807, 2.05) is 42.5 Å². The summed E-state index contributed by atoms with van der Waals surface area (Å²) < 4.78 is 5.08. The van der Waals surface area contributed by atoms with Crippen molar-refractivity contribution in [2.75, 3.05) is 13.2 Å². The highest BCUT2D eigenvalue weighted by Crippen LogP contribution is 2.21. The topological polar surface area (TPSA) is 102 Å². The molecule has 1 saturated heterocycles. The smallest absolute Gasteiger partial charge is 0.328 e. The summed E-state index contributed by atoms with van der Waals surface area (Å²) >= 11 is 0. The first-order chi connectivity index (χ1) is 13.5. The fourth-order valence-corrected chi connectivity index (χ4v) is 3.68. The molecule has 1 fully saturated rings. The molecular formula is C21H25N3O4. The second-order valence-corrected chi connectivity index (χ2v) is 6.98. The zero-order valence-corrected chi connectivity index (χ0v) is 15.8. The molecule has 2 aromatic rings.